The summed E-state index contributed by atoms with van der Waals surface area (Å²) in [6.07, 6.45) is 0.196. The molecule has 11 nitrogen and oxygen atoms in total. The van der Waals surface area contributed by atoms with Crippen LogP contribution in [0, 0.1) is 37.5 Å². The molecule has 1 aliphatic heterocycles. The normalized spacial score (nSPS) is 29.3. The molecule has 0 radical (unpaired) electrons. The van der Waals surface area contributed by atoms with E-state index in [0.717, 1.165) is 0 Å². The summed E-state index contributed by atoms with van der Waals surface area (Å²) in [5.41, 5.74) is -6.70. The molecular weight excluding hydrogens is 314 g/mol. The molecule has 1 saturated heterocycles. The summed E-state index contributed by atoms with van der Waals surface area (Å²) in [5.74, 6) is -2.45. The van der Waals surface area contributed by atoms with Gasteiger partial charge in [0.25, 0.3) is 0 Å². The van der Waals surface area contributed by atoms with Gasteiger partial charge in [0.05, 0.1) is 21.7 Å². The van der Waals surface area contributed by atoms with E-state index in [1.807, 2.05) is 0 Å². The number of rotatable bonds is 8. The molecular formula is C12H23N3O8. The Morgan fingerprint density at radius 2 is 1.48 bits per heavy atom. The fourth-order valence-electron chi connectivity index (χ4n) is 3.47. The molecule has 23 heavy (non-hydrogen) atoms. The number of aliphatic hydroxyl groups is 4. The Bertz CT molecular complexity index is 433. The van der Waals surface area contributed by atoms with Crippen molar-refractivity contribution in [1.82, 2.24) is 5.32 Å². The lowest BCUT2D eigenvalue weighted by Gasteiger charge is -2.45. The highest BCUT2D eigenvalue weighted by Gasteiger charge is 2.65. The van der Waals surface area contributed by atoms with E-state index in [4.69, 9.17) is 0 Å². The van der Waals surface area contributed by atoms with Crippen molar-refractivity contribution < 1.29 is 30.3 Å². The van der Waals surface area contributed by atoms with Crippen LogP contribution in [0.25, 0.3) is 0 Å². The van der Waals surface area contributed by atoms with Crippen molar-refractivity contribution in [2.45, 2.75) is 31.7 Å². The molecule has 0 amide bonds. The van der Waals surface area contributed by atoms with Crippen LogP contribution >= 0.6 is 0 Å². The summed E-state index contributed by atoms with van der Waals surface area (Å²) in [4.78, 5) is 20.3. The van der Waals surface area contributed by atoms with Gasteiger partial charge in [-0.1, -0.05) is 13.8 Å². The van der Waals surface area contributed by atoms with Gasteiger partial charge in [0.1, 0.15) is 13.2 Å². The van der Waals surface area contributed by atoms with Gasteiger partial charge in [0, 0.05) is 12.0 Å². The van der Waals surface area contributed by atoms with Gasteiger partial charge in [-0.2, -0.15) is 0 Å². The monoisotopic (exact) mass is 337 g/mol. The summed E-state index contributed by atoms with van der Waals surface area (Å²) >= 11 is 0. The molecule has 134 valence electrons. The maximum Gasteiger partial charge on any atom is 0.348 e. The highest BCUT2D eigenvalue weighted by molar-refractivity contribution is 5.02. The van der Waals surface area contributed by atoms with Crippen LogP contribution in [0.3, 0.4) is 0 Å². The first kappa shape index (κ1) is 19.6. The third kappa shape index (κ3) is 2.90. The summed E-state index contributed by atoms with van der Waals surface area (Å²) in [7, 11) is 0. The molecule has 4 atom stereocenters. The van der Waals surface area contributed by atoms with Crippen LogP contribution in [0.15, 0.2) is 0 Å². The molecule has 0 bridgehead atoms. The topological polar surface area (TPSA) is 179 Å². The minimum absolute atomic E-state index is 0.0572. The second-order valence-electron chi connectivity index (χ2n) is 6.19. The largest absolute Gasteiger partial charge is 0.386 e. The molecule has 11 heteroatoms. The van der Waals surface area contributed by atoms with Gasteiger partial charge in [-0.3, -0.25) is 20.2 Å². The first-order valence-electron chi connectivity index (χ1n) is 7.19. The van der Waals surface area contributed by atoms with Crippen molar-refractivity contribution in [2.75, 3.05) is 26.3 Å². The Kier molecular flexibility index (Phi) is 5.65. The Balaban J connectivity index is 3.38. The summed E-state index contributed by atoms with van der Waals surface area (Å²) in [6, 6.07) is 0. The van der Waals surface area contributed by atoms with Gasteiger partial charge < -0.3 is 25.7 Å². The first-order valence-corrected chi connectivity index (χ1v) is 7.19. The van der Waals surface area contributed by atoms with Crippen molar-refractivity contribution in [2.24, 2.45) is 17.3 Å². The van der Waals surface area contributed by atoms with Gasteiger partial charge in [-0.15, -0.1) is 0 Å². The number of nitrogens with one attached hydrogen (secondary N) is 1. The van der Waals surface area contributed by atoms with Crippen molar-refractivity contribution in [3.05, 3.63) is 20.2 Å². The fourth-order valence-corrected chi connectivity index (χ4v) is 3.47. The standard InChI is InChI=1S/C12H23N3O8/c1-8(11(18,6-16)14(20)21)10(3-4-13-5-10)9(2)12(19,7-17)15(22)23/h8-9,13,16-19H,3-7H2,1-2H3. The van der Waals surface area contributed by atoms with Gasteiger partial charge in [-0.25, -0.2) is 0 Å². The Labute approximate surface area is 132 Å². The second kappa shape index (κ2) is 6.61. The van der Waals surface area contributed by atoms with Crippen LogP contribution in [-0.2, 0) is 0 Å². The maximum absolute atomic E-state index is 11.2. The van der Waals surface area contributed by atoms with Crippen LogP contribution in [-0.4, -0.2) is 68.0 Å². The minimum Gasteiger partial charge on any atom is -0.386 e. The smallest absolute Gasteiger partial charge is 0.348 e. The van der Waals surface area contributed by atoms with Gasteiger partial charge in [0.15, 0.2) is 0 Å². The Morgan fingerprint density at radius 3 is 1.70 bits per heavy atom. The van der Waals surface area contributed by atoms with Gasteiger partial charge in [0.2, 0.25) is 0 Å². The number of nitro groups is 2. The summed E-state index contributed by atoms with van der Waals surface area (Å²) in [6.45, 7) is 0.687. The number of aliphatic hydroxyl groups excluding tert-OH is 2. The van der Waals surface area contributed by atoms with Crippen molar-refractivity contribution in [1.29, 1.82) is 0 Å². The molecule has 5 N–H and O–H groups in total. The van der Waals surface area contributed by atoms with Gasteiger partial charge in [-0.05, 0) is 13.0 Å². The maximum atomic E-state index is 11.2. The lowest BCUT2D eigenvalue weighted by molar-refractivity contribution is -0.656. The lowest BCUT2D eigenvalue weighted by Crippen LogP contribution is -2.62. The predicted molar refractivity (Wildman–Crippen MR) is 76.3 cm³/mol. The molecule has 0 aromatic carbocycles. The SMILES string of the molecule is CC(C1(C(C)C(O)(CO)[N+](=O)[O-])CCNC1)C(O)(CO)[N+](=O)[O-]. The van der Waals surface area contributed by atoms with E-state index < -0.39 is 51.8 Å². The molecule has 0 aromatic rings. The zero-order chi connectivity index (χ0) is 18.1. The molecule has 1 fully saturated rings. The molecule has 1 heterocycles. The van der Waals surface area contributed by atoms with Crippen molar-refractivity contribution in [3.63, 3.8) is 0 Å². The van der Waals surface area contributed by atoms with E-state index in [1.54, 1.807) is 0 Å². The summed E-state index contributed by atoms with van der Waals surface area (Å²) in [5, 5.41) is 64.4. The fraction of sp³-hybridized carbons (Fsp3) is 1.00. The van der Waals surface area contributed by atoms with Crippen LogP contribution in [0.5, 0.6) is 0 Å². The Hall–Kier alpha value is -1.40. The molecule has 4 unspecified atom stereocenters. The third-order valence-electron chi connectivity index (χ3n) is 5.43. The van der Waals surface area contributed by atoms with Crippen LogP contribution < -0.4 is 5.32 Å². The van der Waals surface area contributed by atoms with E-state index >= 15 is 0 Å². The molecule has 0 saturated carbocycles. The van der Waals surface area contributed by atoms with E-state index in [9.17, 15) is 40.7 Å². The zero-order valence-corrected chi connectivity index (χ0v) is 13.0. The van der Waals surface area contributed by atoms with Crippen LogP contribution in [0.4, 0.5) is 0 Å². The number of hydrogen-bond acceptors (Lipinski definition) is 9. The highest BCUT2D eigenvalue weighted by atomic mass is 16.7. The quantitative estimate of drug-likeness (QED) is 0.193. The van der Waals surface area contributed by atoms with E-state index in [-0.39, 0.29) is 13.0 Å². The molecule has 0 spiro atoms. The van der Waals surface area contributed by atoms with Gasteiger partial charge >= 0.3 is 11.4 Å². The van der Waals surface area contributed by atoms with E-state index in [1.165, 1.54) is 13.8 Å². The average Bonchev–Trinajstić information content (AvgIpc) is 3.01. The van der Waals surface area contributed by atoms with Crippen LogP contribution in [0.2, 0.25) is 0 Å². The third-order valence-corrected chi connectivity index (χ3v) is 5.43. The van der Waals surface area contributed by atoms with Crippen molar-refractivity contribution >= 4 is 0 Å². The van der Waals surface area contributed by atoms with E-state index in [2.05, 4.69) is 5.32 Å². The molecule has 0 aliphatic carbocycles. The second-order valence-corrected chi connectivity index (χ2v) is 6.19. The minimum atomic E-state index is -2.72. The Morgan fingerprint density at radius 1 is 1.09 bits per heavy atom. The van der Waals surface area contributed by atoms with Crippen LogP contribution in [0.1, 0.15) is 20.3 Å². The van der Waals surface area contributed by atoms with E-state index in [0.29, 0.717) is 6.54 Å². The molecule has 1 rings (SSSR count). The number of nitrogens with zero attached hydrogens (tertiary/aromatic N) is 2. The zero-order valence-electron chi connectivity index (χ0n) is 13.0. The highest BCUT2D eigenvalue weighted by Crippen LogP contribution is 2.49. The summed E-state index contributed by atoms with van der Waals surface area (Å²) < 4.78 is 0. The number of hydrogen-bond donors (Lipinski definition) is 5. The average molecular weight is 337 g/mol. The molecule has 0 aromatic heterocycles. The van der Waals surface area contributed by atoms with Crippen molar-refractivity contribution in [3.8, 4) is 0 Å². The lowest BCUT2D eigenvalue weighted by atomic mass is 9.61. The first-order chi connectivity index (χ1) is 10.5. The molecule has 1 aliphatic rings. The predicted octanol–water partition coefficient (Wildman–Crippen LogP) is -1.85.